The molecule has 3 rings (SSSR count). The summed E-state index contributed by atoms with van der Waals surface area (Å²) in [4.78, 5) is 38.9. The lowest BCUT2D eigenvalue weighted by Crippen LogP contribution is -2.52. The Morgan fingerprint density at radius 1 is 1.15 bits per heavy atom. The first-order valence-corrected chi connectivity index (χ1v) is 9.10. The Labute approximate surface area is 157 Å². The average molecular weight is 375 g/mol. The molecule has 0 bridgehead atoms. The van der Waals surface area contributed by atoms with Gasteiger partial charge < -0.3 is 21.7 Å². The predicted octanol–water partition coefficient (Wildman–Crippen LogP) is -1.83. The highest BCUT2D eigenvalue weighted by molar-refractivity contribution is 6.04. The number of nitrogens with two attached hydrogens (primary N) is 2. The summed E-state index contributed by atoms with van der Waals surface area (Å²) in [6, 6.07) is 0.531. The molecule has 2 saturated heterocycles. The van der Waals surface area contributed by atoms with Crippen molar-refractivity contribution in [3.05, 3.63) is 23.2 Å². The minimum Gasteiger partial charge on any atom is -0.365 e. The zero-order valence-electron chi connectivity index (χ0n) is 15.2. The lowest BCUT2D eigenvalue weighted by molar-refractivity contribution is 0.0964. The van der Waals surface area contributed by atoms with Gasteiger partial charge in [0, 0.05) is 51.5 Å². The maximum Gasteiger partial charge on any atom is 0.270 e. The number of allylic oxidation sites excluding steroid dienone is 1. The van der Waals surface area contributed by atoms with E-state index < -0.39 is 11.8 Å². The van der Waals surface area contributed by atoms with Gasteiger partial charge in [-0.3, -0.25) is 19.2 Å². The maximum atomic E-state index is 11.5. The number of carbonyl (C=O) groups is 2. The number of nitrogens with zero attached hydrogens (tertiary/aromatic N) is 4. The minimum absolute atomic E-state index is 0.0508. The molecule has 0 aliphatic carbocycles. The zero-order chi connectivity index (χ0) is 19.4. The molecule has 2 fully saturated rings. The summed E-state index contributed by atoms with van der Waals surface area (Å²) >= 11 is 0. The van der Waals surface area contributed by atoms with Crippen LogP contribution >= 0.6 is 0 Å². The van der Waals surface area contributed by atoms with Crippen LogP contribution in [0.15, 0.2) is 11.9 Å². The molecule has 0 atom stereocenters. The number of carbonyl (C=O) groups excluding carboxylic acids is 3. The van der Waals surface area contributed by atoms with Crippen LogP contribution in [0.1, 0.15) is 33.7 Å². The number of aromatic nitrogens is 2. The standard InChI is InChI=1S/C17H25N7O3/c18-16(26)14-10-24(21-15(14)17(19)27)9-13(11-25)22-5-1-12(2-6-22)23-7-3-20-4-8-23/h10,12,20H,1-9H2,(H2,18,26)(H2,19,27). The van der Waals surface area contributed by atoms with Crippen LogP contribution in [0, 0.1) is 0 Å². The highest BCUT2D eigenvalue weighted by atomic mass is 16.2. The van der Waals surface area contributed by atoms with Crippen LogP contribution in [0.2, 0.25) is 0 Å². The summed E-state index contributed by atoms with van der Waals surface area (Å²) in [6.45, 7) is 5.76. The number of amides is 2. The molecule has 0 unspecified atom stereocenters. The highest BCUT2D eigenvalue weighted by Crippen LogP contribution is 2.20. The van der Waals surface area contributed by atoms with Crippen molar-refractivity contribution in [3.8, 4) is 0 Å². The number of hydrogen-bond donors (Lipinski definition) is 3. The first kappa shape index (κ1) is 19.1. The largest absolute Gasteiger partial charge is 0.365 e. The summed E-state index contributed by atoms with van der Waals surface area (Å²) in [5.74, 6) is 0.352. The zero-order valence-corrected chi connectivity index (χ0v) is 15.2. The van der Waals surface area contributed by atoms with E-state index in [1.165, 1.54) is 10.9 Å². The monoisotopic (exact) mass is 375 g/mol. The highest BCUT2D eigenvalue weighted by Gasteiger charge is 2.27. The maximum absolute atomic E-state index is 11.5. The number of piperazine rings is 1. The Bertz CT molecular complexity index is 723. The van der Waals surface area contributed by atoms with Crippen LogP contribution in [-0.2, 0) is 11.3 Å². The molecule has 27 heavy (non-hydrogen) atoms. The van der Waals surface area contributed by atoms with E-state index in [1.807, 2.05) is 10.8 Å². The quantitative estimate of drug-likeness (QED) is 0.497. The predicted molar refractivity (Wildman–Crippen MR) is 97.5 cm³/mol. The van der Waals surface area contributed by atoms with Crippen LogP contribution in [-0.4, -0.2) is 82.6 Å². The second-order valence-electron chi connectivity index (χ2n) is 6.87. The van der Waals surface area contributed by atoms with Gasteiger partial charge in [0.1, 0.15) is 11.6 Å². The van der Waals surface area contributed by atoms with Crippen molar-refractivity contribution in [3.63, 3.8) is 0 Å². The van der Waals surface area contributed by atoms with Crippen LogP contribution in [0.25, 0.3) is 0 Å². The summed E-state index contributed by atoms with van der Waals surface area (Å²) in [5, 5.41) is 7.36. The molecule has 0 radical (unpaired) electrons. The SMILES string of the molecule is NC(=O)c1cn(CC(=C=O)N2CCC(N3CCNCC3)CC2)nc1C(N)=O. The van der Waals surface area contributed by atoms with Crippen LogP contribution in [0.4, 0.5) is 0 Å². The van der Waals surface area contributed by atoms with E-state index in [1.54, 1.807) is 0 Å². The number of hydrogen-bond acceptors (Lipinski definition) is 7. The van der Waals surface area contributed by atoms with Crippen molar-refractivity contribution < 1.29 is 14.4 Å². The Kier molecular flexibility index (Phi) is 5.90. The van der Waals surface area contributed by atoms with Crippen molar-refractivity contribution in [1.82, 2.24) is 24.9 Å². The van der Waals surface area contributed by atoms with E-state index in [-0.39, 0.29) is 17.8 Å². The van der Waals surface area contributed by atoms with E-state index in [9.17, 15) is 14.4 Å². The molecule has 2 aliphatic heterocycles. The summed E-state index contributed by atoms with van der Waals surface area (Å²) < 4.78 is 1.34. The second kappa shape index (κ2) is 8.34. The van der Waals surface area contributed by atoms with Crippen molar-refractivity contribution in [1.29, 1.82) is 0 Å². The first-order chi connectivity index (χ1) is 13.0. The van der Waals surface area contributed by atoms with Crippen molar-refractivity contribution >= 4 is 17.8 Å². The molecule has 0 spiro atoms. The smallest absolute Gasteiger partial charge is 0.270 e. The molecule has 1 aromatic rings. The fourth-order valence-electron chi connectivity index (χ4n) is 3.76. The van der Waals surface area contributed by atoms with Gasteiger partial charge in [-0.1, -0.05) is 0 Å². The third-order valence-electron chi connectivity index (χ3n) is 5.20. The summed E-state index contributed by atoms with van der Waals surface area (Å²) in [6.07, 6.45) is 3.29. The molecule has 10 nitrogen and oxygen atoms in total. The van der Waals surface area contributed by atoms with Gasteiger partial charge in [0.25, 0.3) is 11.8 Å². The first-order valence-electron chi connectivity index (χ1n) is 9.10. The number of piperidine rings is 1. The van der Waals surface area contributed by atoms with Gasteiger partial charge in [0.15, 0.2) is 5.69 Å². The third kappa shape index (κ3) is 4.36. The number of rotatable bonds is 6. The summed E-state index contributed by atoms with van der Waals surface area (Å²) in [5.41, 5.74) is 10.7. The molecule has 1 aromatic heterocycles. The lowest BCUT2D eigenvalue weighted by Gasteiger charge is -2.41. The van der Waals surface area contributed by atoms with E-state index in [0.717, 1.165) is 52.1 Å². The Hall–Kier alpha value is -2.68. The third-order valence-corrected chi connectivity index (χ3v) is 5.20. The molecule has 146 valence electrons. The van der Waals surface area contributed by atoms with Gasteiger partial charge >= 0.3 is 0 Å². The number of nitrogens with one attached hydrogen (secondary N) is 1. The Balaban J connectivity index is 1.63. The van der Waals surface area contributed by atoms with Gasteiger partial charge in [-0.25, -0.2) is 4.79 Å². The van der Waals surface area contributed by atoms with E-state index >= 15 is 0 Å². The van der Waals surface area contributed by atoms with Crippen molar-refractivity contribution in [2.45, 2.75) is 25.4 Å². The molecular weight excluding hydrogens is 350 g/mol. The molecule has 0 aromatic carbocycles. The van der Waals surface area contributed by atoms with Gasteiger partial charge in [-0.2, -0.15) is 5.10 Å². The molecule has 0 saturated carbocycles. The van der Waals surface area contributed by atoms with E-state index in [2.05, 4.69) is 15.3 Å². The van der Waals surface area contributed by atoms with Gasteiger partial charge in [-0.15, -0.1) is 0 Å². The fourth-order valence-corrected chi connectivity index (χ4v) is 3.76. The van der Waals surface area contributed by atoms with Crippen LogP contribution < -0.4 is 16.8 Å². The molecule has 2 aliphatic rings. The molecule has 2 amide bonds. The number of likely N-dealkylation sites (tertiary alicyclic amines) is 1. The normalized spacial score (nSPS) is 18.9. The topological polar surface area (TPSA) is 140 Å². The molecule has 5 N–H and O–H groups in total. The Morgan fingerprint density at radius 3 is 2.33 bits per heavy atom. The molecular formula is C17H25N7O3. The van der Waals surface area contributed by atoms with Crippen molar-refractivity contribution in [2.24, 2.45) is 11.5 Å². The van der Waals surface area contributed by atoms with Gasteiger partial charge in [-0.05, 0) is 12.8 Å². The minimum atomic E-state index is -0.837. The Morgan fingerprint density at radius 2 is 1.81 bits per heavy atom. The molecule has 10 heteroatoms. The lowest BCUT2D eigenvalue weighted by atomic mass is 10.0. The van der Waals surface area contributed by atoms with Crippen molar-refractivity contribution in [2.75, 3.05) is 39.3 Å². The average Bonchev–Trinajstić information content (AvgIpc) is 3.12. The van der Waals surface area contributed by atoms with E-state index in [4.69, 9.17) is 11.5 Å². The second-order valence-corrected chi connectivity index (χ2v) is 6.87. The summed E-state index contributed by atoms with van der Waals surface area (Å²) in [7, 11) is 0. The fraction of sp³-hybridized carbons (Fsp3) is 0.588. The van der Waals surface area contributed by atoms with Crippen LogP contribution in [0.3, 0.4) is 0 Å². The van der Waals surface area contributed by atoms with Gasteiger partial charge in [0.2, 0.25) is 0 Å². The van der Waals surface area contributed by atoms with Crippen LogP contribution in [0.5, 0.6) is 0 Å². The van der Waals surface area contributed by atoms with E-state index in [0.29, 0.717) is 11.7 Å². The van der Waals surface area contributed by atoms with Gasteiger partial charge in [0.05, 0.1) is 12.1 Å². The number of primary amides is 2. The molecule has 3 heterocycles.